The molecule has 1 saturated carbocycles. The fraction of sp³-hybridized carbons (Fsp3) is 0.667. The quantitative estimate of drug-likeness (QED) is 0.133. The smallest absolute Gasteiger partial charge is 0.180 e. The zero-order chi connectivity index (χ0) is 35.7. The van der Waals surface area contributed by atoms with Crippen molar-refractivity contribution < 1.29 is 40.9 Å². The van der Waals surface area contributed by atoms with Crippen molar-refractivity contribution >= 4 is 17.3 Å². The normalized spacial score (nSPS) is 25.0. The number of aliphatic hydroxyl groups excluding tert-OH is 3. The Morgan fingerprint density at radius 3 is 1.79 bits per heavy atom. The number of allylic oxidation sites excluding steroid dienone is 10. The molecule has 2 bridgehead atoms. The summed E-state index contributed by atoms with van der Waals surface area (Å²) in [5.74, 6) is -0.983. The Labute approximate surface area is 284 Å². The number of quaternary nitrogens is 1. The molecule has 0 aromatic heterocycles. The van der Waals surface area contributed by atoms with Crippen molar-refractivity contribution in [3.63, 3.8) is 0 Å². The molecule has 7 N–H and O–H groups in total. The Morgan fingerprint density at radius 2 is 1.38 bits per heavy atom. The van der Waals surface area contributed by atoms with E-state index in [1.807, 2.05) is 47.6 Å². The number of Topliss-reactive ketones (excluding diaryl/α,β-unsaturated/α-hetero) is 3. The van der Waals surface area contributed by atoms with Gasteiger partial charge in [-0.1, -0.05) is 73.4 Å². The molecule has 2 rings (SSSR count). The minimum Gasteiger partial charge on any atom is -0.870 e. The van der Waals surface area contributed by atoms with E-state index in [4.69, 9.17) is 15.3 Å². The minimum atomic E-state index is -1.66. The molecule has 4 atom stereocenters. The second-order valence-electron chi connectivity index (χ2n) is 15.4. The first kappa shape index (κ1) is 44.5. The Balaban J connectivity index is 0.00000208. The van der Waals surface area contributed by atoms with Crippen LogP contribution in [0.1, 0.15) is 115 Å². The molecular formula is C39H65NO7. The standard InChI is InChI=1S/C35H52O3.C4H11NO3.H2O/c1-23(2)13-12-19-33(11)29(17-15-25(5)6)22-34(20-18-26(7)8)21-28(16-14-24(3)4)31(37)35(33,32(34)38)30(36)27(9)10;5-4(1-6,2-7)3-8;/h13-15,18,21,27,29H,12,16-17,19-20,22H2,1-11H3;6-8H,1-3,5H2;1H2/t29?,33-,34+,35+;;/m1../s1. The van der Waals surface area contributed by atoms with E-state index in [-0.39, 0.29) is 48.6 Å². The van der Waals surface area contributed by atoms with Crippen LogP contribution in [0.3, 0.4) is 0 Å². The summed E-state index contributed by atoms with van der Waals surface area (Å²) in [4.78, 5) is 44.1. The largest absolute Gasteiger partial charge is 0.870 e. The highest BCUT2D eigenvalue weighted by atomic mass is 16.3. The number of rotatable bonds is 14. The fourth-order valence-electron chi connectivity index (χ4n) is 6.77. The average molecular weight is 660 g/mol. The van der Waals surface area contributed by atoms with Gasteiger partial charge in [0.1, 0.15) is 19.8 Å². The summed E-state index contributed by atoms with van der Waals surface area (Å²) >= 11 is 0. The van der Waals surface area contributed by atoms with Gasteiger partial charge in [-0.3, -0.25) is 14.4 Å². The maximum atomic E-state index is 14.9. The van der Waals surface area contributed by atoms with E-state index in [2.05, 4.69) is 64.7 Å². The van der Waals surface area contributed by atoms with Crippen molar-refractivity contribution in [1.82, 2.24) is 0 Å². The summed E-state index contributed by atoms with van der Waals surface area (Å²) in [5, 5.41) is 25.2. The third-order valence-electron chi connectivity index (χ3n) is 9.78. The van der Waals surface area contributed by atoms with Gasteiger partial charge in [-0.25, -0.2) is 0 Å². The third kappa shape index (κ3) is 10.0. The van der Waals surface area contributed by atoms with Crippen LogP contribution in [-0.2, 0) is 14.4 Å². The molecule has 0 aromatic rings. The van der Waals surface area contributed by atoms with E-state index >= 15 is 0 Å². The van der Waals surface area contributed by atoms with Crippen molar-refractivity contribution in [2.45, 2.75) is 120 Å². The maximum absolute atomic E-state index is 14.9. The second-order valence-corrected chi connectivity index (χ2v) is 15.4. The van der Waals surface area contributed by atoms with Crippen molar-refractivity contribution in [1.29, 1.82) is 0 Å². The minimum absolute atomic E-state index is 0. The summed E-state index contributed by atoms with van der Waals surface area (Å²) < 4.78 is 0. The molecule has 2 aliphatic rings. The summed E-state index contributed by atoms with van der Waals surface area (Å²) in [6.07, 6.45) is 14.3. The van der Waals surface area contributed by atoms with Crippen LogP contribution in [0, 0.1) is 28.1 Å². The highest BCUT2D eigenvalue weighted by Gasteiger charge is 2.73. The number of hydrogen-bond donors (Lipinski definition) is 4. The van der Waals surface area contributed by atoms with Gasteiger partial charge in [0.05, 0.1) is 5.41 Å². The van der Waals surface area contributed by atoms with Crippen molar-refractivity contribution in [2.75, 3.05) is 19.8 Å². The Kier molecular flexibility index (Phi) is 17.4. The molecule has 1 unspecified atom stereocenters. The van der Waals surface area contributed by atoms with Gasteiger partial charge < -0.3 is 26.5 Å². The van der Waals surface area contributed by atoms with Gasteiger partial charge in [0.2, 0.25) is 0 Å². The lowest BCUT2D eigenvalue weighted by molar-refractivity contribution is -0.494. The van der Waals surface area contributed by atoms with Gasteiger partial charge in [-0.2, -0.15) is 0 Å². The second kappa shape index (κ2) is 18.3. The number of ketones is 3. The number of aliphatic hydroxyl groups is 3. The van der Waals surface area contributed by atoms with Crippen molar-refractivity contribution in [2.24, 2.45) is 28.1 Å². The van der Waals surface area contributed by atoms with Crippen LogP contribution in [0.2, 0.25) is 0 Å². The molecule has 0 aliphatic heterocycles. The first-order valence-corrected chi connectivity index (χ1v) is 16.8. The summed E-state index contributed by atoms with van der Waals surface area (Å²) in [6, 6.07) is 0. The van der Waals surface area contributed by atoms with Gasteiger partial charge in [-0.05, 0) is 111 Å². The molecule has 0 amide bonds. The van der Waals surface area contributed by atoms with Gasteiger partial charge in [0.15, 0.2) is 28.3 Å². The number of carbonyl (C=O) groups excluding carboxylic acids is 3. The Morgan fingerprint density at radius 1 is 0.894 bits per heavy atom. The Hall–Kier alpha value is -2.49. The first-order chi connectivity index (χ1) is 21.2. The average Bonchev–Trinajstić information content (AvgIpc) is 2.98. The van der Waals surface area contributed by atoms with E-state index in [0.29, 0.717) is 31.3 Å². The monoisotopic (exact) mass is 659 g/mol. The SMILES string of the molecule is CC(C)=CCC[C@]1(C)C(CC=C(C)C)C[C@]2(CC=C(C)C)C=C(CC=C(C)C)C(=O)[C@@]1(C(=O)C(C)C)C2=O.[NH3+]C(CO)(CO)CO.[OH-]. The lowest BCUT2D eigenvalue weighted by atomic mass is 9.38. The molecular weight excluding hydrogens is 594 g/mol. The topological polar surface area (TPSA) is 170 Å². The number of carbonyl (C=O) groups is 3. The van der Waals surface area contributed by atoms with Gasteiger partial charge in [0, 0.05) is 5.92 Å². The lowest BCUT2D eigenvalue weighted by Gasteiger charge is -2.60. The highest BCUT2D eigenvalue weighted by Crippen LogP contribution is 2.66. The van der Waals surface area contributed by atoms with E-state index in [1.165, 1.54) is 11.1 Å². The summed E-state index contributed by atoms with van der Waals surface area (Å²) in [7, 11) is 0. The molecule has 8 heteroatoms. The van der Waals surface area contributed by atoms with Crippen LogP contribution >= 0.6 is 0 Å². The molecule has 0 radical (unpaired) electrons. The summed E-state index contributed by atoms with van der Waals surface area (Å²) in [5.41, 5.74) is 4.44. The van der Waals surface area contributed by atoms with Crippen LogP contribution < -0.4 is 5.73 Å². The van der Waals surface area contributed by atoms with Crippen LogP contribution in [0.15, 0.2) is 58.2 Å². The molecule has 0 heterocycles. The fourth-order valence-corrected chi connectivity index (χ4v) is 6.77. The van der Waals surface area contributed by atoms with Crippen molar-refractivity contribution in [3.8, 4) is 0 Å². The predicted molar refractivity (Wildman–Crippen MR) is 189 cm³/mol. The summed E-state index contributed by atoms with van der Waals surface area (Å²) in [6.45, 7) is 21.4. The highest BCUT2D eigenvalue weighted by molar-refractivity contribution is 6.33. The molecule has 1 fully saturated rings. The van der Waals surface area contributed by atoms with Gasteiger partial charge in [-0.15, -0.1) is 0 Å². The van der Waals surface area contributed by atoms with Gasteiger partial charge in [0.25, 0.3) is 0 Å². The molecule has 268 valence electrons. The predicted octanol–water partition coefficient (Wildman–Crippen LogP) is 5.87. The van der Waals surface area contributed by atoms with Crippen LogP contribution in [0.25, 0.3) is 0 Å². The number of fused-ring (bicyclic) bond motifs is 2. The molecule has 0 saturated heterocycles. The molecule has 0 aromatic carbocycles. The Bertz CT molecular complexity index is 1240. The molecule has 47 heavy (non-hydrogen) atoms. The third-order valence-corrected chi connectivity index (χ3v) is 9.78. The number of hydrogen-bond acceptors (Lipinski definition) is 7. The van der Waals surface area contributed by atoms with E-state index in [9.17, 15) is 14.4 Å². The van der Waals surface area contributed by atoms with E-state index in [0.717, 1.165) is 24.0 Å². The van der Waals surface area contributed by atoms with Crippen LogP contribution in [0.4, 0.5) is 0 Å². The van der Waals surface area contributed by atoms with Crippen LogP contribution in [-0.4, -0.2) is 63.5 Å². The molecule has 8 nitrogen and oxygen atoms in total. The van der Waals surface area contributed by atoms with Crippen LogP contribution in [0.5, 0.6) is 0 Å². The molecule has 2 aliphatic carbocycles. The lowest BCUT2D eigenvalue weighted by Crippen LogP contribution is -2.78. The molecule has 0 spiro atoms. The van der Waals surface area contributed by atoms with Crippen molar-refractivity contribution in [3.05, 3.63) is 58.2 Å². The maximum Gasteiger partial charge on any atom is 0.180 e. The van der Waals surface area contributed by atoms with E-state index in [1.54, 1.807) is 0 Å². The van der Waals surface area contributed by atoms with Gasteiger partial charge >= 0.3 is 0 Å². The van der Waals surface area contributed by atoms with E-state index < -0.39 is 27.7 Å². The zero-order valence-corrected chi connectivity index (χ0v) is 31.1. The zero-order valence-electron chi connectivity index (χ0n) is 31.1. The first-order valence-electron chi connectivity index (χ1n) is 16.8.